The Morgan fingerprint density at radius 2 is 1.80 bits per heavy atom. The molecule has 0 spiro atoms. The Balaban J connectivity index is 1.39. The molecule has 2 atom stereocenters. The van der Waals surface area contributed by atoms with Gasteiger partial charge in [0, 0.05) is 41.1 Å². The van der Waals surface area contributed by atoms with E-state index in [1.807, 2.05) is 54.9 Å². The Morgan fingerprint density at radius 3 is 2.63 bits per heavy atom. The Morgan fingerprint density at radius 1 is 0.957 bits per heavy atom. The molecule has 2 aromatic carbocycles. The second-order valence-corrected chi connectivity index (χ2v) is 12.5. The first kappa shape index (κ1) is 26.1. The number of alkyl halides is 3. The van der Waals surface area contributed by atoms with E-state index in [1.54, 1.807) is 4.68 Å². The van der Waals surface area contributed by atoms with E-state index in [0.29, 0.717) is 31.5 Å². The molecule has 0 saturated carbocycles. The molecule has 46 heavy (non-hydrogen) atoms. The summed E-state index contributed by atoms with van der Waals surface area (Å²) in [6, 6.07) is 13.2. The van der Waals surface area contributed by atoms with E-state index in [-0.39, 0.29) is 0 Å². The topological polar surface area (TPSA) is 62.2 Å². The van der Waals surface area contributed by atoms with E-state index < -0.39 is 22.9 Å². The van der Waals surface area contributed by atoms with Crippen LogP contribution in [-0.2, 0) is 11.7 Å². The number of allylic oxidation sites excluding steroid dienone is 3. The molecule has 0 fully saturated rings. The van der Waals surface area contributed by atoms with Crippen LogP contribution in [0.25, 0.3) is 38.9 Å². The van der Waals surface area contributed by atoms with Gasteiger partial charge in [-0.3, -0.25) is 9.89 Å². The van der Waals surface area contributed by atoms with Gasteiger partial charge in [-0.15, -0.1) is 0 Å². The lowest BCUT2D eigenvalue weighted by Gasteiger charge is -2.71. The molecule has 0 amide bonds. The van der Waals surface area contributed by atoms with Crippen molar-refractivity contribution in [2.24, 2.45) is 9.98 Å². The molecule has 0 saturated heterocycles. The zero-order chi connectivity index (χ0) is 31.2. The summed E-state index contributed by atoms with van der Waals surface area (Å²) < 4.78 is 51.3. The average molecular weight is 617 g/mol. The van der Waals surface area contributed by atoms with Gasteiger partial charge < -0.3 is 9.32 Å². The van der Waals surface area contributed by atoms with E-state index >= 15 is 0 Å². The van der Waals surface area contributed by atoms with Crippen LogP contribution >= 0.6 is 0 Å². The summed E-state index contributed by atoms with van der Waals surface area (Å²) in [6.07, 6.45) is 8.90. The molecule has 0 radical (unpaired) electrons. The SMILES string of the molecule is CCC12C3=C(c4ccc5oc6ccccc6c5c4C4=CN=C5CC=CN=C5N43)C1(CC)n1nc(C(F)(F)F)cc1C1=CC=CCN12. The van der Waals surface area contributed by atoms with Gasteiger partial charge in [0.15, 0.2) is 11.5 Å². The van der Waals surface area contributed by atoms with Crippen molar-refractivity contribution in [3.63, 3.8) is 0 Å². The van der Waals surface area contributed by atoms with Gasteiger partial charge in [0.2, 0.25) is 0 Å². The predicted molar refractivity (Wildman–Crippen MR) is 171 cm³/mol. The maximum atomic E-state index is 14.4. The van der Waals surface area contributed by atoms with Gasteiger partial charge in [0.25, 0.3) is 0 Å². The quantitative estimate of drug-likeness (QED) is 0.228. The number of para-hydroxylation sites is 1. The molecule has 1 aliphatic carbocycles. The summed E-state index contributed by atoms with van der Waals surface area (Å²) in [4.78, 5) is 14.4. The third kappa shape index (κ3) is 2.73. The summed E-state index contributed by atoms with van der Waals surface area (Å²) >= 11 is 0. The highest BCUT2D eigenvalue weighted by molar-refractivity contribution is 6.45. The van der Waals surface area contributed by atoms with E-state index in [2.05, 4.69) is 47.0 Å². The Labute approximate surface area is 261 Å². The summed E-state index contributed by atoms with van der Waals surface area (Å²) in [5.41, 5.74) is 5.87. The third-order valence-corrected chi connectivity index (χ3v) is 10.8. The summed E-state index contributed by atoms with van der Waals surface area (Å²) in [7, 11) is 0. The second-order valence-electron chi connectivity index (χ2n) is 12.5. The number of fused-ring (bicyclic) bond motifs is 19. The standard InChI is InChI=1S/C36H27F3N6O/c1-3-34-31-21-14-15-27-30(20-10-5-6-13-26(20)46-27)29(21)25-19-41-22-11-9-16-40-33(22)44(25)32(31)35(34,4-2)43-17-8-7-12-23(43)24-18-28(36(37,38)39)42-45(24)34/h5-10,12-16,18-19H,3-4,11,17H2,1-2H3. The van der Waals surface area contributed by atoms with Crippen LogP contribution in [0, 0.1) is 0 Å². The van der Waals surface area contributed by atoms with E-state index in [9.17, 15) is 13.2 Å². The first-order valence-electron chi connectivity index (χ1n) is 15.7. The van der Waals surface area contributed by atoms with Crippen molar-refractivity contribution in [2.45, 2.75) is 50.4 Å². The number of aliphatic imine (C=N–C) groups is 2. The van der Waals surface area contributed by atoms with Crippen LogP contribution in [0.4, 0.5) is 13.2 Å². The van der Waals surface area contributed by atoms with Crippen molar-refractivity contribution in [1.29, 1.82) is 0 Å². The number of benzene rings is 2. The smallest absolute Gasteiger partial charge is 0.435 e. The second kappa shape index (κ2) is 8.37. The van der Waals surface area contributed by atoms with Crippen molar-refractivity contribution < 1.29 is 17.6 Å². The number of nitrogens with zero attached hydrogens (tertiary/aromatic N) is 6. The van der Waals surface area contributed by atoms with Gasteiger partial charge in [-0.05, 0) is 42.7 Å². The number of furan rings is 1. The molecule has 2 unspecified atom stereocenters. The van der Waals surface area contributed by atoms with E-state index in [0.717, 1.165) is 67.3 Å². The van der Waals surface area contributed by atoms with Gasteiger partial charge in [-0.2, -0.15) is 18.3 Å². The lowest BCUT2D eigenvalue weighted by Crippen LogP contribution is -2.77. The van der Waals surface area contributed by atoms with Crippen LogP contribution in [0.2, 0.25) is 0 Å². The first-order chi connectivity index (χ1) is 22.3. The first-order valence-corrected chi connectivity index (χ1v) is 15.7. The zero-order valence-electron chi connectivity index (χ0n) is 25.1. The van der Waals surface area contributed by atoms with Gasteiger partial charge in [0.05, 0.1) is 34.7 Å². The molecule has 6 aliphatic rings. The Kier molecular flexibility index (Phi) is 4.75. The molecular weight excluding hydrogens is 589 g/mol. The van der Waals surface area contributed by atoms with Crippen LogP contribution in [0.5, 0.6) is 0 Å². The fourth-order valence-corrected chi connectivity index (χ4v) is 9.14. The maximum absolute atomic E-state index is 14.4. The fourth-order valence-electron chi connectivity index (χ4n) is 9.14. The molecule has 7 nitrogen and oxygen atoms in total. The van der Waals surface area contributed by atoms with Crippen LogP contribution in [-0.4, -0.2) is 43.2 Å². The van der Waals surface area contributed by atoms with Crippen molar-refractivity contribution in [3.8, 4) is 0 Å². The normalized spacial score (nSPS) is 25.4. The number of rotatable bonds is 2. The van der Waals surface area contributed by atoms with E-state index in [4.69, 9.17) is 14.4 Å². The molecular formula is C36H27F3N6O. The van der Waals surface area contributed by atoms with Gasteiger partial charge in [-0.25, -0.2) is 9.67 Å². The number of hydrogen-bond donors (Lipinski definition) is 0. The van der Waals surface area contributed by atoms with Crippen molar-refractivity contribution >= 4 is 50.5 Å². The van der Waals surface area contributed by atoms with Crippen molar-refractivity contribution in [1.82, 2.24) is 19.6 Å². The number of halogens is 3. The van der Waals surface area contributed by atoms with Crippen LogP contribution in [0.1, 0.15) is 55.6 Å². The predicted octanol–water partition coefficient (Wildman–Crippen LogP) is 8.09. The molecule has 228 valence electrons. The third-order valence-electron chi connectivity index (χ3n) is 10.8. The molecule has 4 aromatic rings. The fraction of sp³-hybridized carbons (Fsp3) is 0.250. The molecule has 5 aliphatic heterocycles. The van der Waals surface area contributed by atoms with Crippen molar-refractivity contribution in [2.75, 3.05) is 6.54 Å². The van der Waals surface area contributed by atoms with Gasteiger partial charge in [-0.1, -0.05) is 56.3 Å². The Bertz CT molecular complexity index is 2310. The highest BCUT2D eigenvalue weighted by Gasteiger charge is 2.74. The molecule has 10 rings (SSSR count). The summed E-state index contributed by atoms with van der Waals surface area (Å²) in [5.74, 6) is 0.751. The van der Waals surface area contributed by atoms with Crippen molar-refractivity contribution in [3.05, 3.63) is 107 Å². The molecule has 0 N–H and O–H groups in total. The minimum Gasteiger partial charge on any atom is -0.456 e. The maximum Gasteiger partial charge on any atom is 0.435 e. The summed E-state index contributed by atoms with van der Waals surface area (Å²) in [6.45, 7) is 4.77. The highest BCUT2D eigenvalue weighted by Crippen LogP contribution is 2.71. The largest absolute Gasteiger partial charge is 0.456 e. The van der Waals surface area contributed by atoms with Crippen LogP contribution in [0.15, 0.2) is 99.3 Å². The number of hydrogen-bond acceptors (Lipinski definition) is 6. The monoisotopic (exact) mass is 616 g/mol. The molecule has 7 heterocycles. The van der Waals surface area contributed by atoms with Crippen LogP contribution < -0.4 is 0 Å². The molecule has 0 bridgehead atoms. The lowest BCUT2D eigenvalue weighted by molar-refractivity contribution is -0.142. The van der Waals surface area contributed by atoms with Crippen LogP contribution in [0.3, 0.4) is 0 Å². The summed E-state index contributed by atoms with van der Waals surface area (Å²) in [5, 5.41) is 6.36. The van der Waals surface area contributed by atoms with E-state index in [1.165, 1.54) is 6.07 Å². The van der Waals surface area contributed by atoms with Gasteiger partial charge >= 0.3 is 6.18 Å². The number of amidine groups is 1. The minimum atomic E-state index is -4.59. The zero-order valence-corrected chi connectivity index (χ0v) is 25.1. The minimum absolute atomic E-state index is 0.478. The Hall–Kier alpha value is -5.12. The molecule has 10 heteroatoms. The highest BCUT2D eigenvalue weighted by atomic mass is 19.4. The number of aromatic nitrogens is 2. The lowest BCUT2D eigenvalue weighted by atomic mass is 9.50. The molecule has 2 aromatic heterocycles. The average Bonchev–Trinajstić information content (AvgIpc) is 3.69. The van der Waals surface area contributed by atoms with Gasteiger partial charge in [0.1, 0.15) is 22.2 Å².